The van der Waals surface area contributed by atoms with E-state index in [4.69, 9.17) is 9.52 Å². The second-order valence-corrected chi connectivity index (χ2v) is 5.77. The minimum Gasteiger partial charge on any atom is -0.476 e. The molecule has 1 aromatic heterocycles. The fourth-order valence-electron chi connectivity index (χ4n) is 1.40. The van der Waals surface area contributed by atoms with Crippen molar-refractivity contribution in [1.29, 1.82) is 0 Å². The lowest BCUT2D eigenvalue weighted by Gasteiger charge is -2.01. The molecule has 0 saturated carbocycles. The number of halogens is 1. The van der Waals surface area contributed by atoms with Crippen LogP contribution in [-0.2, 0) is 9.84 Å². The molecule has 0 bridgehead atoms. The Hall–Kier alpha value is -2.22. The second-order valence-electron chi connectivity index (χ2n) is 3.76. The summed E-state index contributed by atoms with van der Waals surface area (Å²) in [4.78, 5) is 14.0. The van der Waals surface area contributed by atoms with Crippen LogP contribution in [-0.4, -0.2) is 30.7 Å². The molecule has 0 aliphatic carbocycles. The molecule has 8 heteroatoms. The third kappa shape index (κ3) is 2.63. The van der Waals surface area contributed by atoms with Crippen molar-refractivity contribution in [2.45, 2.75) is 4.90 Å². The van der Waals surface area contributed by atoms with Crippen LogP contribution in [0.3, 0.4) is 0 Å². The first-order valence-electron chi connectivity index (χ1n) is 4.98. The summed E-state index contributed by atoms with van der Waals surface area (Å²) in [5.74, 6) is -2.39. The first kappa shape index (κ1) is 13.2. The summed E-state index contributed by atoms with van der Waals surface area (Å²) in [6, 6.07) is 3.19. The van der Waals surface area contributed by atoms with E-state index in [9.17, 15) is 17.6 Å². The predicted molar refractivity (Wildman–Crippen MR) is 62.0 cm³/mol. The maximum Gasteiger partial charge on any atom is 0.357 e. The summed E-state index contributed by atoms with van der Waals surface area (Å²) >= 11 is 0. The van der Waals surface area contributed by atoms with E-state index < -0.39 is 21.6 Å². The number of carboxylic acid groups (broad SMARTS) is 1. The molecular weight excluding hydrogens is 277 g/mol. The Labute approximate surface area is 107 Å². The smallest absolute Gasteiger partial charge is 0.357 e. The normalized spacial score (nSPS) is 11.5. The standard InChI is InChI=1S/C11H8FNO5S/c1-19(16,17)6-2-3-7(8(12)4-6)10-13-9(5-18-10)11(14)15/h2-5H,1H3,(H,14,15). The number of benzene rings is 1. The van der Waals surface area contributed by atoms with Gasteiger partial charge in [0.2, 0.25) is 5.89 Å². The average Bonchev–Trinajstić information content (AvgIpc) is 2.76. The molecule has 100 valence electrons. The third-order valence-electron chi connectivity index (χ3n) is 2.32. The molecule has 0 amide bonds. The number of aromatic carboxylic acids is 1. The predicted octanol–water partition coefficient (Wildman–Crippen LogP) is 1.58. The molecule has 1 heterocycles. The van der Waals surface area contributed by atoms with Crippen LogP contribution < -0.4 is 0 Å². The first-order chi connectivity index (χ1) is 8.79. The summed E-state index contributed by atoms with van der Waals surface area (Å²) in [5.41, 5.74) is -0.471. The van der Waals surface area contributed by atoms with Crippen LogP contribution in [0.4, 0.5) is 4.39 Å². The van der Waals surface area contributed by atoms with Crippen molar-refractivity contribution in [3.8, 4) is 11.5 Å². The highest BCUT2D eigenvalue weighted by atomic mass is 32.2. The molecule has 0 atom stereocenters. The Morgan fingerprint density at radius 2 is 2.11 bits per heavy atom. The maximum absolute atomic E-state index is 13.8. The molecule has 0 radical (unpaired) electrons. The first-order valence-corrected chi connectivity index (χ1v) is 6.87. The topological polar surface area (TPSA) is 97.5 Å². The van der Waals surface area contributed by atoms with Crippen molar-refractivity contribution in [1.82, 2.24) is 4.98 Å². The highest BCUT2D eigenvalue weighted by Crippen LogP contribution is 2.24. The van der Waals surface area contributed by atoms with Gasteiger partial charge in [-0.05, 0) is 18.2 Å². The van der Waals surface area contributed by atoms with Crippen molar-refractivity contribution in [2.75, 3.05) is 6.26 Å². The molecule has 0 unspecified atom stereocenters. The fourth-order valence-corrected chi connectivity index (χ4v) is 2.03. The van der Waals surface area contributed by atoms with Crippen molar-refractivity contribution in [2.24, 2.45) is 0 Å². The Bertz CT molecular complexity index is 750. The zero-order valence-corrected chi connectivity index (χ0v) is 10.4. The SMILES string of the molecule is CS(=O)(=O)c1ccc(-c2nc(C(=O)O)co2)c(F)c1. The van der Waals surface area contributed by atoms with Gasteiger partial charge in [0.05, 0.1) is 10.5 Å². The van der Waals surface area contributed by atoms with Gasteiger partial charge in [-0.2, -0.15) is 0 Å². The van der Waals surface area contributed by atoms with E-state index >= 15 is 0 Å². The van der Waals surface area contributed by atoms with E-state index in [1.807, 2.05) is 0 Å². The average molecular weight is 285 g/mol. The van der Waals surface area contributed by atoms with Crippen LogP contribution in [0.25, 0.3) is 11.5 Å². The highest BCUT2D eigenvalue weighted by Gasteiger charge is 2.17. The summed E-state index contributed by atoms with van der Waals surface area (Å²) in [5, 5.41) is 8.67. The fraction of sp³-hybridized carbons (Fsp3) is 0.0909. The van der Waals surface area contributed by atoms with E-state index in [2.05, 4.69) is 4.98 Å². The molecule has 0 fully saturated rings. The van der Waals surface area contributed by atoms with E-state index in [1.165, 1.54) is 12.1 Å². The number of hydrogen-bond donors (Lipinski definition) is 1. The molecule has 0 saturated heterocycles. The molecule has 0 aliphatic heterocycles. The van der Waals surface area contributed by atoms with E-state index in [0.717, 1.165) is 18.6 Å². The van der Waals surface area contributed by atoms with Gasteiger partial charge in [-0.3, -0.25) is 0 Å². The number of nitrogens with zero attached hydrogens (tertiary/aromatic N) is 1. The largest absolute Gasteiger partial charge is 0.476 e. The molecule has 19 heavy (non-hydrogen) atoms. The van der Waals surface area contributed by atoms with Crippen LogP contribution in [0.1, 0.15) is 10.5 Å². The molecule has 1 aromatic carbocycles. The minimum atomic E-state index is -3.52. The van der Waals surface area contributed by atoms with Gasteiger partial charge < -0.3 is 9.52 Å². The van der Waals surface area contributed by atoms with Gasteiger partial charge in [-0.1, -0.05) is 0 Å². The zero-order valence-electron chi connectivity index (χ0n) is 9.62. The van der Waals surface area contributed by atoms with Crippen molar-refractivity contribution in [3.05, 3.63) is 36.0 Å². The quantitative estimate of drug-likeness (QED) is 0.919. The summed E-state index contributed by atoms with van der Waals surface area (Å²) in [6.45, 7) is 0. The van der Waals surface area contributed by atoms with Crippen molar-refractivity contribution >= 4 is 15.8 Å². The molecular formula is C11H8FNO5S. The van der Waals surface area contributed by atoms with Gasteiger partial charge in [0.1, 0.15) is 12.1 Å². The summed E-state index contributed by atoms with van der Waals surface area (Å²) in [7, 11) is -3.52. The van der Waals surface area contributed by atoms with E-state index in [1.54, 1.807) is 0 Å². The molecule has 2 rings (SSSR count). The van der Waals surface area contributed by atoms with Crippen LogP contribution in [0, 0.1) is 5.82 Å². The number of oxazole rings is 1. The molecule has 0 aliphatic rings. The lowest BCUT2D eigenvalue weighted by Crippen LogP contribution is -1.99. The summed E-state index contributed by atoms with van der Waals surface area (Å²) < 4.78 is 41.1. The number of rotatable bonds is 3. The van der Waals surface area contributed by atoms with Crippen LogP contribution in [0.2, 0.25) is 0 Å². The Morgan fingerprint density at radius 1 is 1.42 bits per heavy atom. The summed E-state index contributed by atoms with van der Waals surface area (Å²) in [6.07, 6.45) is 1.83. The Morgan fingerprint density at radius 3 is 2.58 bits per heavy atom. The number of sulfone groups is 1. The van der Waals surface area contributed by atoms with Crippen LogP contribution in [0.15, 0.2) is 33.8 Å². The minimum absolute atomic E-state index is 0.111. The number of aromatic nitrogens is 1. The molecule has 1 N–H and O–H groups in total. The number of hydrogen-bond acceptors (Lipinski definition) is 5. The van der Waals surface area contributed by atoms with Gasteiger partial charge in [-0.15, -0.1) is 0 Å². The van der Waals surface area contributed by atoms with Gasteiger partial charge in [0, 0.05) is 6.26 Å². The monoisotopic (exact) mass is 285 g/mol. The van der Waals surface area contributed by atoms with Crippen molar-refractivity contribution < 1.29 is 27.1 Å². The Balaban J connectivity index is 2.49. The van der Waals surface area contributed by atoms with E-state index in [0.29, 0.717) is 0 Å². The second kappa shape index (κ2) is 4.47. The Kier molecular flexibility index (Phi) is 3.11. The highest BCUT2D eigenvalue weighted by molar-refractivity contribution is 7.90. The van der Waals surface area contributed by atoms with Crippen LogP contribution in [0.5, 0.6) is 0 Å². The van der Waals surface area contributed by atoms with E-state index in [-0.39, 0.29) is 22.0 Å². The molecule has 2 aromatic rings. The molecule has 0 spiro atoms. The van der Waals surface area contributed by atoms with Crippen LogP contribution >= 0.6 is 0 Å². The van der Waals surface area contributed by atoms with Gasteiger partial charge in [0.15, 0.2) is 15.5 Å². The number of carboxylic acids is 1. The van der Waals surface area contributed by atoms with Crippen molar-refractivity contribution in [3.63, 3.8) is 0 Å². The lowest BCUT2D eigenvalue weighted by molar-refractivity contribution is 0.0690. The van der Waals surface area contributed by atoms with Gasteiger partial charge in [-0.25, -0.2) is 22.6 Å². The molecule has 6 nitrogen and oxygen atoms in total. The van der Waals surface area contributed by atoms with Gasteiger partial charge in [0.25, 0.3) is 0 Å². The zero-order chi connectivity index (χ0) is 14.2. The maximum atomic E-state index is 13.8. The lowest BCUT2D eigenvalue weighted by atomic mass is 10.2. The van der Waals surface area contributed by atoms with Gasteiger partial charge >= 0.3 is 5.97 Å². The number of carbonyl (C=O) groups is 1. The third-order valence-corrected chi connectivity index (χ3v) is 3.43.